The maximum atomic E-state index is 11.6. The topological polar surface area (TPSA) is 128 Å². The van der Waals surface area contributed by atoms with Gasteiger partial charge in [-0.3, -0.25) is 0 Å². The number of nitrogens with one attached hydrogen (secondary N) is 1. The predicted octanol–water partition coefficient (Wildman–Crippen LogP) is 0.982. The monoisotopic (exact) mass is 314 g/mol. The second-order valence-corrected chi connectivity index (χ2v) is 5.36. The number of carbonyl (C=O) groups excluding carboxylic acids is 2. The lowest BCUT2D eigenvalue weighted by Crippen LogP contribution is -2.44. The quantitative estimate of drug-likeness (QED) is 0.770. The molecular formula is C13H18N2O7. The van der Waals surface area contributed by atoms with Gasteiger partial charge in [-0.15, -0.1) is 0 Å². The fourth-order valence-corrected chi connectivity index (χ4v) is 1.51. The number of carboxylic acid groups (broad SMARTS) is 1. The highest BCUT2D eigenvalue weighted by molar-refractivity contribution is 5.88. The average Bonchev–Trinajstić information content (AvgIpc) is 2.82. The minimum absolute atomic E-state index is 0.00434. The summed E-state index contributed by atoms with van der Waals surface area (Å²) in [5.41, 5.74) is -0.906. The van der Waals surface area contributed by atoms with Gasteiger partial charge in [-0.1, -0.05) is 0 Å². The van der Waals surface area contributed by atoms with E-state index in [1.165, 1.54) is 0 Å². The van der Waals surface area contributed by atoms with Crippen molar-refractivity contribution in [3.8, 4) is 0 Å². The Balaban J connectivity index is 2.82. The summed E-state index contributed by atoms with van der Waals surface area (Å²) >= 11 is 0. The first-order valence-electron chi connectivity index (χ1n) is 6.37. The van der Waals surface area contributed by atoms with Crippen LogP contribution in [-0.2, 0) is 20.7 Å². The number of oxazole rings is 1. The molecule has 0 aliphatic carbocycles. The minimum atomic E-state index is -1.34. The SMILES string of the molecule is COC(=O)c1ncoc1C[C@H](NC(=O)OC(C)(C)C)C(=O)O. The van der Waals surface area contributed by atoms with E-state index in [1.807, 2.05) is 0 Å². The number of carbonyl (C=O) groups is 3. The van der Waals surface area contributed by atoms with Gasteiger partial charge in [0.25, 0.3) is 0 Å². The molecule has 0 bridgehead atoms. The van der Waals surface area contributed by atoms with Gasteiger partial charge in [-0.05, 0) is 20.8 Å². The fraction of sp³-hybridized carbons (Fsp3) is 0.538. The summed E-state index contributed by atoms with van der Waals surface area (Å²) in [7, 11) is 1.16. The van der Waals surface area contributed by atoms with E-state index in [-0.39, 0.29) is 17.9 Å². The number of amides is 1. The number of esters is 1. The van der Waals surface area contributed by atoms with Crippen LogP contribution < -0.4 is 5.32 Å². The number of nitrogens with zero attached hydrogens (tertiary/aromatic N) is 1. The molecule has 0 aliphatic rings. The van der Waals surface area contributed by atoms with Gasteiger partial charge < -0.3 is 24.3 Å². The summed E-state index contributed by atoms with van der Waals surface area (Å²) in [5, 5.41) is 11.4. The summed E-state index contributed by atoms with van der Waals surface area (Å²) in [4.78, 5) is 38.0. The highest BCUT2D eigenvalue weighted by Gasteiger charge is 2.28. The molecule has 0 saturated carbocycles. The predicted molar refractivity (Wildman–Crippen MR) is 72.3 cm³/mol. The molecule has 0 aromatic carbocycles. The van der Waals surface area contributed by atoms with E-state index in [9.17, 15) is 14.4 Å². The van der Waals surface area contributed by atoms with Crippen LogP contribution in [-0.4, -0.2) is 46.9 Å². The number of hydrogen-bond donors (Lipinski definition) is 2. The molecule has 0 saturated heterocycles. The van der Waals surface area contributed by atoms with Crippen molar-refractivity contribution >= 4 is 18.0 Å². The lowest BCUT2D eigenvalue weighted by Gasteiger charge is -2.21. The first-order valence-corrected chi connectivity index (χ1v) is 6.37. The summed E-state index contributed by atoms with van der Waals surface area (Å²) in [6, 6.07) is -1.34. The van der Waals surface area contributed by atoms with Crippen molar-refractivity contribution in [2.75, 3.05) is 7.11 Å². The van der Waals surface area contributed by atoms with Crippen molar-refractivity contribution in [2.45, 2.75) is 38.8 Å². The lowest BCUT2D eigenvalue weighted by molar-refractivity contribution is -0.139. The van der Waals surface area contributed by atoms with Crippen LogP contribution in [0.3, 0.4) is 0 Å². The zero-order valence-electron chi connectivity index (χ0n) is 12.7. The highest BCUT2D eigenvalue weighted by atomic mass is 16.6. The van der Waals surface area contributed by atoms with Gasteiger partial charge in [0.1, 0.15) is 17.4 Å². The fourth-order valence-electron chi connectivity index (χ4n) is 1.51. The third kappa shape index (κ3) is 5.08. The van der Waals surface area contributed by atoms with Crippen LogP contribution in [0.1, 0.15) is 37.0 Å². The minimum Gasteiger partial charge on any atom is -0.480 e. The molecule has 1 amide bonds. The second-order valence-electron chi connectivity index (χ2n) is 5.36. The third-order valence-electron chi connectivity index (χ3n) is 2.40. The number of carboxylic acids is 1. The van der Waals surface area contributed by atoms with Crippen molar-refractivity contribution in [1.29, 1.82) is 0 Å². The molecule has 9 nitrogen and oxygen atoms in total. The molecule has 22 heavy (non-hydrogen) atoms. The molecule has 0 radical (unpaired) electrons. The Labute approximate surface area is 126 Å². The van der Waals surface area contributed by atoms with Crippen molar-refractivity contribution < 1.29 is 33.4 Å². The molecule has 1 atom stereocenters. The number of aliphatic carboxylic acids is 1. The van der Waals surface area contributed by atoms with Crippen LogP contribution in [0.25, 0.3) is 0 Å². The molecule has 1 heterocycles. The first-order chi connectivity index (χ1) is 10.1. The van der Waals surface area contributed by atoms with Gasteiger partial charge in [-0.2, -0.15) is 0 Å². The van der Waals surface area contributed by atoms with E-state index in [0.717, 1.165) is 13.5 Å². The van der Waals surface area contributed by atoms with Crippen LogP contribution in [0.4, 0.5) is 4.79 Å². The molecule has 0 aliphatic heterocycles. The number of methoxy groups -OCH3 is 1. The van der Waals surface area contributed by atoms with Crippen molar-refractivity contribution in [3.63, 3.8) is 0 Å². The standard InChI is InChI=1S/C13H18N2O7/c1-13(2,3)22-12(19)15-7(10(16)17)5-8-9(11(18)20-4)14-6-21-8/h6-7H,5H2,1-4H3,(H,15,19)(H,16,17)/t7-/m0/s1. The van der Waals surface area contributed by atoms with Gasteiger partial charge in [0.2, 0.25) is 0 Å². The van der Waals surface area contributed by atoms with E-state index >= 15 is 0 Å². The lowest BCUT2D eigenvalue weighted by atomic mass is 10.1. The number of rotatable bonds is 5. The molecule has 122 valence electrons. The van der Waals surface area contributed by atoms with Crippen LogP contribution in [0.2, 0.25) is 0 Å². The smallest absolute Gasteiger partial charge is 0.408 e. The van der Waals surface area contributed by atoms with Gasteiger partial charge in [0.15, 0.2) is 12.1 Å². The Hall–Kier alpha value is -2.58. The van der Waals surface area contributed by atoms with Gasteiger partial charge in [0, 0.05) is 6.42 Å². The maximum Gasteiger partial charge on any atom is 0.408 e. The zero-order chi connectivity index (χ0) is 16.9. The Morgan fingerprint density at radius 3 is 2.55 bits per heavy atom. The van der Waals surface area contributed by atoms with Gasteiger partial charge in [-0.25, -0.2) is 19.4 Å². The Morgan fingerprint density at radius 2 is 2.05 bits per heavy atom. The zero-order valence-corrected chi connectivity index (χ0v) is 12.7. The first kappa shape index (κ1) is 17.5. The van der Waals surface area contributed by atoms with E-state index < -0.39 is 29.7 Å². The Morgan fingerprint density at radius 1 is 1.41 bits per heavy atom. The summed E-state index contributed by atoms with van der Waals surface area (Å²) < 4.78 is 14.5. The second kappa shape index (κ2) is 6.92. The van der Waals surface area contributed by atoms with Crippen molar-refractivity contribution in [2.24, 2.45) is 0 Å². The Kier molecular flexibility index (Phi) is 5.50. The van der Waals surface area contributed by atoms with Crippen LogP contribution in [0, 0.1) is 0 Å². The molecule has 0 unspecified atom stereocenters. The normalized spacial score (nSPS) is 12.4. The van der Waals surface area contributed by atoms with Gasteiger partial charge >= 0.3 is 18.0 Å². The average molecular weight is 314 g/mol. The molecule has 1 rings (SSSR count). The summed E-state index contributed by atoms with van der Waals surface area (Å²) in [5.74, 6) is -2.07. The molecule has 2 N–H and O–H groups in total. The van der Waals surface area contributed by atoms with Crippen molar-refractivity contribution in [1.82, 2.24) is 10.3 Å². The number of ether oxygens (including phenoxy) is 2. The largest absolute Gasteiger partial charge is 0.480 e. The molecule has 0 fully saturated rings. The van der Waals surface area contributed by atoms with Gasteiger partial charge in [0.05, 0.1) is 7.11 Å². The molecule has 1 aromatic heterocycles. The summed E-state index contributed by atoms with van der Waals surface area (Å²) in [6.45, 7) is 4.94. The molecule has 1 aromatic rings. The molecular weight excluding hydrogens is 296 g/mol. The van der Waals surface area contributed by atoms with Crippen LogP contribution in [0.15, 0.2) is 10.8 Å². The molecule has 0 spiro atoms. The van der Waals surface area contributed by atoms with Crippen LogP contribution >= 0.6 is 0 Å². The Bertz CT molecular complexity index is 559. The maximum absolute atomic E-state index is 11.6. The molecule has 9 heteroatoms. The third-order valence-corrected chi connectivity index (χ3v) is 2.40. The number of alkyl carbamates (subject to hydrolysis) is 1. The summed E-state index contributed by atoms with van der Waals surface area (Å²) in [6.07, 6.45) is -0.175. The van der Waals surface area contributed by atoms with Crippen molar-refractivity contribution in [3.05, 3.63) is 17.8 Å². The van der Waals surface area contributed by atoms with Crippen LogP contribution in [0.5, 0.6) is 0 Å². The van der Waals surface area contributed by atoms with E-state index in [1.54, 1.807) is 20.8 Å². The van der Waals surface area contributed by atoms with E-state index in [0.29, 0.717) is 0 Å². The highest BCUT2D eigenvalue weighted by Crippen LogP contribution is 2.12. The van der Waals surface area contributed by atoms with E-state index in [4.69, 9.17) is 14.3 Å². The van der Waals surface area contributed by atoms with E-state index in [2.05, 4.69) is 15.0 Å². The number of hydrogen-bond acceptors (Lipinski definition) is 7. The number of aromatic nitrogens is 1.